The van der Waals surface area contributed by atoms with Crippen molar-refractivity contribution in [1.29, 1.82) is 0 Å². The lowest BCUT2D eigenvalue weighted by Crippen LogP contribution is -2.17. The molecule has 0 aliphatic heterocycles. The van der Waals surface area contributed by atoms with E-state index >= 15 is 0 Å². The molecule has 1 aromatic carbocycles. The highest BCUT2D eigenvalue weighted by molar-refractivity contribution is 5.39. The predicted molar refractivity (Wildman–Crippen MR) is 66.9 cm³/mol. The third kappa shape index (κ3) is 3.82. The molecule has 0 fully saturated rings. The van der Waals surface area contributed by atoms with Gasteiger partial charge in [-0.25, -0.2) is 0 Å². The molecule has 0 aliphatic rings. The van der Waals surface area contributed by atoms with E-state index in [0.29, 0.717) is 6.42 Å². The number of nitrogens with zero attached hydrogens (tertiary/aromatic N) is 1. The van der Waals surface area contributed by atoms with Gasteiger partial charge in [-0.2, -0.15) is 0 Å². The van der Waals surface area contributed by atoms with Crippen LogP contribution in [0.5, 0.6) is 0 Å². The van der Waals surface area contributed by atoms with Crippen molar-refractivity contribution < 1.29 is 10.0 Å². The molecule has 94 valence electrons. The molecule has 0 aliphatic carbocycles. The van der Waals surface area contributed by atoms with Crippen LogP contribution in [0.2, 0.25) is 0 Å². The molecule has 0 saturated heterocycles. The van der Waals surface area contributed by atoms with Gasteiger partial charge in [-0.15, -0.1) is 0 Å². The Morgan fingerprint density at radius 3 is 2.65 bits per heavy atom. The van der Waals surface area contributed by atoms with Crippen molar-refractivity contribution in [2.45, 2.75) is 39.2 Å². The summed E-state index contributed by atoms with van der Waals surface area (Å²) in [5, 5.41) is 20.5. The van der Waals surface area contributed by atoms with Gasteiger partial charge in [0.15, 0.2) is 0 Å². The number of aryl methyl sites for hydroxylation is 1. The lowest BCUT2D eigenvalue weighted by atomic mass is 9.94. The molecular weight excluding hydrogens is 218 g/mol. The number of nitro groups is 1. The van der Waals surface area contributed by atoms with E-state index in [2.05, 4.69) is 0 Å². The van der Waals surface area contributed by atoms with Crippen LogP contribution in [-0.4, -0.2) is 16.1 Å². The number of hydrogen-bond acceptors (Lipinski definition) is 3. The van der Waals surface area contributed by atoms with Crippen molar-refractivity contribution in [1.82, 2.24) is 0 Å². The first-order valence-corrected chi connectivity index (χ1v) is 5.96. The highest BCUT2D eigenvalue weighted by Crippen LogP contribution is 2.22. The van der Waals surface area contributed by atoms with Crippen LogP contribution in [0.15, 0.2) is 24.3 Å². The highest BCUT2D eigenvalue weighted by atomic mass is 16.6. The summed E-state index contributed by atoms with van der Waals surface area (Å²) in [6, 6.07) is 6.79. The first-order valence-electron chi connectivity index (χ1n) is 5.96. The molecule has 1 N–H and O–H groups in total. The van der Waals surface area contributed by atoms with Crippen molar-refractivity contribution in [3.8, 4) is 0 Å². The minimum atomic E-state index is -0.351. The lowest BCUT2D eigenvalue weighted by Gasteiger charge is -2.16. The standard InChI is InChI=1S/C13H19NO3/c1-3-13(15)10(2)8-9-11-6-4-5-7-12(11)14(16)17/h4-7,10,13,15H,3,8-9H2,1-2H3. The molecule has 2 unspecified atom stereocenters. The summed E-state index contributed by atoms with van der Waals surface area (Å²) < 4.78 is 0. The molecule has 1 rings (SSSR count). The fraction of sp³-hybridized carbons (Fsp3) is 0.538. The summed E-state index contributed by atoms with van der Waals surface area (Å²) in [4.78, 5) is 10.5. The Morgan fingerprint density at radius 1 is 1.41 bits per heavy atom. The Morgan fingerprint density at radius 2 is 2.06 bits per heavy atom. The Kier molecular flexibility index (Phi) is 5.10. The number of rotatable bonds is 6. The van der Waals surface area contributed by atoms with Gasteiger partial charge in [0.2, 0.25) is 0 Å². The summed E-state index contributed by atoms with van der Waals surface area (Å²) in [6.45, 7) is 3.91. The fourth-order valence-corrected chi connectivity index (χ4v) is 1.88. The van der Waals surface area contributed by atoms with Crippen molar-refractivity contribution >= 4 is 5.69 Å². The lowest BCUT2D eigenvalue weighted by molar-refractivity contribution is -0.385. The van der Waals surface area contributed by atoms with Crippen LogP contribution in [0.3, 0.4) is 0 Å². The normalized spacial score (nSPS) is 14.3. The number of nitro benzene ring substituents is 1. The van der Waals surface area contributed by atoms with Crippen molar-refractivity contribution in [3.63, 3.8) is 0 Å². The Bertz CT molecular complexity index is 379. The van der Waals surface area contributed by atoms with Crippen LogP contribution in [0, 0.1) is 16.0 Å². The van der Waals surface area contributed by atoms with Crippen molar-refractivity contribution in [2.75, 3.05) is 0 Å². The Hall–Kier alpha value is -1.42. The Balaban J connectivity index is 2.66. The van der Waals surface area contributed by atoms with Crippen LogP contribution in [0.25, 0.3) is 0 Å². The average Bonchev–Trinajstić information content (AvgIpc) is 2.35. The van der Waals surface area contributed by atoms with Crippen molar-refractivity contribution in [3.05, 3.63) is 39.9 Å². The zero-order chi connectivity index (χ0) is 12.8. The molecule has 0 bridgehead atoms. The van der Waals surface area contributed by atoms with Gasteiger partial charge in [-0.1, -0.05) is 32.0 Å². The average molecular weight is 237 g/mol. The number of hydrogen-bond donors (Lipinski definition) is 1. The van der Waals surface area contributed by atoms with Crippen molar-refractivity contribution in [2.24, 2.45) is 5.92 Å². The van der Waals surface area contributed by atoms with E-state index in [9.17, 15) is 15.2 Å². The third-order valence-electron chi connectivity index (χ3n) is 3.13. The minimum absolute atomic E-state index is 0.166. The van der Waals surface area contributed by atoms with Gasteiger partial charge < -0.3 is 5.11 Å². The zero-order valence-corrected chi connectivity index (χ0v) is 10.3. The van der Waals surface area contributed by atoms with E-state index in [1.54, 1.807) is 12.1 Å². The molecule has 17 heavy (non-hydrogen) atoms. The predicted octanol–water partition coefficient (Wildman–Crippen LogP) is 2.93. The molecule has 0 spiro atoms. The summed E-state index contributed by atoms with van der Waals surface area (Å²) in [5.41, 5.74) is 0.915. The number of benzene rings is 1. The second kappa shape index (κ2) is 6.35. The fourth-order valence-electron chi connectivity index (χ4n) is 1.88. The largest absolute Gasteiger partial charge is 0.393 e. The van der Waals surface area contributed by atoms with Gasteiger partial charge in [0.1, 0.15) is 0 Å². The quantitative estimate of drug-likeness (QED) is 0.611. The molecular formula is C13H19NO3. The first kappa shape index (κ1) is 13.6. The summed E-state index contributed by atoms with van der Waals surface area (Å²) in [6.07, 6.45) is 1.80. The van der Waals surface area contributed by atoms with Gasteiger partial charge in [-0.05, 0) is 25.2 Å². The van der Waals surface area contributed by atoms with E-state index < -0.39 is 0 Å². The maximum atomic E-state index is 10.8. The van der Waals surface area contributed by atoms with Crippen LogP contribution in [0.4, 0.5) is 5.69 Å². The molecule has 2 atom stereocenters. The summed E-state index contributed by atoms with van der Waals surface area (Å²) in [7, 11) is 0. The van der Waals surface area contributed by atoms with E-state index in [1.165, 1.54) is 6.07 Å². The Labute approximate surface area is 101 Å². The van der Waals surface area contributed by atoms with Crippen LogP contribution in [-0.2, 0) is 6.42 Å². The number of aliphatic hydroxyl groups is 1. The number of aliphatic hydroxyl groups excluding tert-OH is 1. The molecule has 0 heterocycles. The first-order chi connectivity index (χ1) is 8.06. The maximum absolute atomic E-state index is 10.8. The van der Waals surface area contributed by atoms with Crippen LogP contribution >= 0.6 is 0 Å². The second-order valence-electron chi connectivity index (χ2n) is 4.38. The summed E-state index contributed by atoms with van der Waals surface area (Å²) >= 11 is 0. The summed E-state index contributed by atoms with van der Waals surface area (Å²) in [5.74, 6) is 0.166. The van der Waals surface area contributed by atoms with Gasteiger partial charge in [0.05, 0.1) is 11.0 Å². The molecule has 0 amide bonds. The SMILES string of the molecule is CCC(O)C(C)CCc1ccccc1[N+](=O)[O-]. The smallest absolute Gasteiger partial charge is 0.272 e. The topological polar surface area (TPSA) is 63.4 Å². The molecule has 0 radical (unpaired) electrons. The molecule has 0 aromatic heterocycles. The van der Waals surface area contributed by atoms with Crippen LogP contribution in [0.1, 0.15) is 32.3 Å². The maximum Gasteiger partial charge on any atom is 0.272 e. The third-order valence-corrected chi connectivity index (χ3v) is 3.13. The van der Waals surface area contributed by atoms with Gasteiger partial charge in [0, 0.05) is 11.6 Å². The van der Waals surface area contributed by atoms with Gasteiger partial charge in [0.25, 0.3) is 5.69 Å². The molecule has 0 saturated carbocycles. The zero-order valence-electron chi connectivity index (χ0n) is 10.3. The minimum Gasteiger partial charge on any atom is -0.393 e. The molecule has 4 nitrogen and oxygen atoms in total. The van der Waals surface area contributed by atoms with Gasteiger partial charge in [-0.3, -0.25) is 10.1 Å². The van der Waals surface area contributed by atoms with Crippen LogP contribution < -0.4 is 0 Å². The molecule has 4 heteroatoms. The molecule has 1 aromatic rings. The van der Waals surface area contributed by atoms with E-state index in [0.717, 1.165) is 18.4 Å². The second-order valence-corrected chi connectivity index (χ2v) is 4.38. The number of para-hydroxylation sites is 1. The highest BCUT2D eigenvalue weighted by Gasteiger charge is 2.16. The van der Waals surface area contributed by atoms with Gasteiger partial charge >= 0.3 is 0 Å². The van der Waals surface area contributed by atoms with E-state index in [4.69, 9.17) is 0 Å². The monoisotopic (exact) mass is 237 g/mol. The van der Waals surface area contributed by atoms with E-state index in [-0.39, 0.29) is 22.6 Å². The van der Waals surface area contributed by atoms with E-state index in [1.807, 2.05) is 19.9 Å².